The van der Waals surface area contributed by atoms with Crippen molar-refractivity contribution in [1.29, 1.82) is 0 Å². The molecule has 0 radical (unpaired) electrons. The standard InChI is InChI=1S/C22H23N3O2/c1-16-8-10-19(11-9-16)25-17(2)21(24-12-14-27-15-13-24)20(23-25)22(26)18-6-4-3-5-7-18/h3-11H,12-15H2,1-2H3. The number of ether oxygens (including phenoxy) is 1. The van der Waals surface area contributed by atoms with Crippen LogP contribution in [-0.2, 0) is 4.74 Å². The normalized spacial score (nSPS) is 14.4. The summed E-state index contributed by atoms with van der Waals surface area (Å²) in [7, 11) is 0. The van der Waals surface area contributed by atoms with Crippen LogP contribution in [0, 0.1) is 13.8 Å². The highest BCUT2D eigenvalue weighted by Crippen LogP contribution is 2.30. The van der Waals surface area contributed by atoms with Crippen molar-refractivity contribution in [1.82, 2.24) is 9.78 Å². The molecule has 1 aliphatic rings. The highest BCUT2D eigenvalue weighted by atomic mass is 16.5. The largest absolute Gasteiger partial charge is 0.378 e. The summed E-state index contributed by atoms with van der Waals surface area (Å²) < 4.78 is 7.37. The predicted octanol–water partition coefficient (Wildman–Crippen LogP) is 3.56. The molecule has 5 heteroatoms. The van der Waals surface area contributed by atoms with E-state index in [9.17, 15) is 4.79 Å². The minimum absolute atomic E-state index is 0.0500. The molecule has 4 rings (SSSR count). The van der Waals surface area contributed by atoms with Crippen LogP contribution in [0.15, 0.2) is 54.6 Å². The molecule has 0 saturated carbocycles. The van der Waals surface area contributed by atoms with Gasteiger partial charge in [0.1, 0.15) is 0 Å². The second kappa shape index (κ2) is 7.37. The number of morpholine rings is 1. The molecule has 138 valence electrons. The van der Waals surface area contributed by atoms with Crippen LogP contribution in [-0.4, -0.2) is 41.9 Å². The highest BCUT2D eigenvalue weighted by molar-refractivity contribution is 6.11. The van der Waals surface area contributed by atoms with Gasteiger partial charge in [-0.2, -0.15) is 5.10 Å². The van der Waals surface area contributed by atoms with E-state index < -0.39 is 0 Å². The molecular weight excluding hydrogens is 338 g/mol. The van der Waals surface area contributed by atoms with Gasteiger partial charge < -0.3 is 9.64 Å². The fourth-order valence-electron chi connectivity index (χ4n) is 3.48. The SMILES string of the molecule is Cc1ccc(-n2nc(C(=O)c3ccccc3)c(N3CCOCC3)c2C)cc1. The molecule has 0 unspecified atom stereocenters. The first kappa shape index (κ1) is 17.5. The lowest BCUT2D eigenvalue weighted by Crippen LogP contribution is -2.37. The minimum atomic E-state index is -0.0500. The van der Waals surface area contributed by atoms with Crippen LogP contribution in [0.3, 0.4) is 0 Å². The minimum Gasteiger partial charge on any atom is -0.378 e. The Morgan fingerprint density at radius 2 is 1.63 bits per heavy atom. The maximum atomic E-state index is 13.2. The number of ketones is 1. The Labute approximate surface area is 159 Å². The third-order valence-electron chi connectivity index (χ3n) is 4.94. The molecule has 1 aliphatic heterocycles. The van der Waals surface area contributed by atoms with E-state index in [0.717, 1.165) is 30.2 Å². The average Bonchev–Trinajstić information content (AvgIpc) is 3.06. The number of carbonyl (C=O) groups is 1. The molecule has 1 fully saturated rings. The summed E-state index contributed by atoms with van der Waals surface area (Å²) in [6, 6.07) is 17.5. The van der Waals surface area contributed by atoms with E-state index in [2.05, 4.69) is 24.0 Å². The maximum absolute atomic E-state index is 13.2. The van der Waals surface area contributed by atoms with Crippen LogP contribution in [0.25, 0.3) is 5.69 Å². The fourth-order valence-corrected chi connectivity index (χ4v) is 3.48. The third kappa shape index (κ3) is 3.38. The summed E-state index contributed by atoms with van der Waals surface area (Å²) in [6.07, 6.45) is 0. The molecule has 27 heavy (non-hydrogen) atoms. The molecule has 0 N–H and O–H groups in total. The van der Waals surface area contributed by atoms with E-state index in [0.29, 0.717) is 24.5 Å². The number of aromatic nitrogens is 2. The third-order valence-corrected chi connectivity index (χ3v) is 4.94. The Kier molecular flexibility index (Phi) is 4.77. The molecule has 0 bridgehead atoms. The Balaban J connectivity index is 1.84. The zero-order valence-corrected chi connectivity index (χ0v) is 15.7. The topological polar surface area (TPSA) is 47.4 Å². The van der Waals surface area contributed by atoms with Gasteiger partial charge in [-0.3, -0.25) is 4.79 Å². The molecule has 1 saturated heterocycles. The number of hydrogen-bond donors (Lipinski definition) is 0. The fraction of sp³-hybridized carbons (Fsp3) is 0.273. The predicted molar refractivity (Wildman–Crippen MR) is 106 cm³/mol. The van der Waals surface area contributed by atoms with Crippen molar-refractivity contribution in [2.45, 2.75) is 13.8 Å². The van der Waals surface area contributed by atoms with Gasteiger partial charge in [-0.25, -0.2) is 4.68 Å². The van der Waals surface area contributed by atoms with Gasteiger partial charge in [-0.1, -0.05) is 48.0 Å². The van der Waals surface area contributed by atoms with Gasteiger partial charge in [0.15, 0.2) is 5.69 Å². The monoisotopic (exact) mass is 361 g/mol. The van der Waals surface area contributed by atoms with Gasteiger partial charge in [0, 0.05) is 18.7 Å². The molecule has 2 heterocycles. The summed E-state index contributed by atoms with van der Waals surface area (Å²) in [5.74, 6) is -0.0500. The van der Waals surface area contributed by atoms with Gasteiger partial charge in [0.25, 0.3) is 0 Å². The number of hydrogen-bond acceptors (Lipinski definition) is 4. The van der Waals surface area contributed by atoms with Crippen molar-refractivity contribution in [3.05, 3.63) is 77.1 Å². The van der Waals surface area contributed by atoms with Crippen molar-refractivity contribution >= 4 is 11.5 Å². The Bertz CT molecular complexity index is 940. The molecule has 2 aromatic carbocycles. The summed E-state index contributed by atoms with van der Waals surface area (Å²) in [6.45, 7) is 6.93. The number of aryl methyl sites for hydroxylation is 1. The zero-order valence-electron chi connectivity index (χ0n) is 15.7. The summed E-state index contributed by atoms with van der Waals surface area (Å²) >= 11 is 0. The second-order valence-electron chi connectivity index (χ2n) is 6.82. The van der Waals surface area contributed by atoms with Gasteiger partial charge in [-0.15, -0.1) is 0 Å². The van der Waals surface area contributed by atoms with Gasteiger partial charge in [-0.05, 0) is 26.0 Å². The van der Waals surface area contributed by atoms with Gasteiger partial charge in [0.05, 0.1) is 30.3 Å². The molecule has 3 aromatic rings. The lowest BCUT2D eigenvalue weighted by atomic mass is 10.1. The van der Waals surface area contributed by atoms with E-state index in [1.165, 1.54) is 5.56 Å². The maximum Gasteiger partial charge on any atom is 0.215 e. The van der Waals surface area contributed by atoms with Crippen LogP contribution < -0.4 is 4.90 Å². The van der Waals surface area contributed by atoms with E-state index in [1.807, 2.05) is 54.1 Å². The first-order chi connectivity index (χ1) is 13.1. The average molecular weight is 361 g/mol. The molecule has 5 nitrogen and oxygen atoms in total. The van der Waals surface area contributed by atoms with Crippen LogP contribution in [0.2, 0.25) is 0 Å². The number of anilines is 1. The van der Waals surface area contributed by atoms with Crippen molar-refractivity contribution in [2.24, 2.45) is 0 Å². The molecule has 0 aliphatic carbocycles. The quantitative estimate of drug-likeness (QED) is 0.667. The van der Waals surface area contributed by atoms with E-state index >= 15 is 0 Å². The number of nitrogens with zero attached hydrogens (tertiary/aromatic N) is 3. The van der Waals surface area contributed by atoms with E-state index in [-0.39, 0.29) is 5.78 Å². The summed E-state index contributed by atoms with van der Waals surface area (Å²) in [5, 5.41) is 4.75. The lowest BCUT2D eigenvalue weighted by Gasteiger charge is -2.29. The summed E-state index contributed by atoms with van der Waals surface area (Å²) in [5.41, 5.74) is 5.19. The van der Waals surface area contributed by atoms with E-state index in [4.69, 9.17) is 9.84 Å². The van der Waals surface area contributed by atoms with Gasteiger partial charge >= 0.3 is 0 Å². The number of carbonyl (C=O) groups excluding carboxylic acids is 1. The molecule has 1 aromatic heterocycles. The lowest BCUT2D eigenvalue weighted by molar-refractivity contribution is 0.103. The van der Waals surface area contributed by atoms with E-state index in [1.54, 1.807) is 0 Å². The number of benzene rings is 2. The van der Waals surface area contributed by atoms with Gasteiger partial charge in [0.2, 0.25) is 5.78 Å². The van der Waals surface area contributed by atoms with Crippen molar-refractivity contribution in [3.8, 4) is 5.69 Å². The van der Waals surface area contributed by atoms with Crippen LogP contribution >= 0.6 is 0 Å². The first-order valence-corrected chi connectivity index (χ1v) is 9.24. The molecule has 0 atom stereocenters. The highest BCUT2D eigenvalue weighted by Gasteiger charge is 2.27. The Morgan fingerprint density at radius 1 is 0.963 bits per heavy atom. The van der Waals surface area contributed by atoms with Crippen LogP contribution in [0.5, 0.6) is 0 Å². The Morgan fingerprint density at radius 3 is 2.30 bits per heavy atom. The van der Waals surface area contributed by atoms with Crippen molar-refractivity contribution in [2.75, 3.05) is 31.2 Å². The summed E-state index contributed by atoms with van der Waals surface area (Å²) in [4.78, 5) is 15.4. The first-order valence-electron chi connectivity index (χ1n) is 9.24. The molecule has 0 amide bonds. The number of rotatable bonds is 4. The Hall–Kier alpha value is -2.92. The molecular formula is C22H23N3O2. The van der Waals surface area contributed by atoms with Crippen LogP contribution in [0.1, 0.15) is 27.3 Å². The van der Waals surface area contributed by atoms with Crippen molar-refractivity contribution < 1.29 is 9.53 Å². The van der Waals surface area contributed by atoms with Crippen molar-refractivity contribution in [3.63, 3.8) is 0 Å². The van der Waals surface area contributed by atoms with Crippen LogP contribution in [0.4, 0.5) is 5.69 Å². The second-order valence-corrected chi connectivity index (χ2v) is 6.82. The molecule has 0 spiro atoms. The smallest absolute Gasteiger partial charge is 0.215 e. The zero-order chi connectivity index (χ0) is 18.8.